The van der Waals surface area contributed by atoms with Crippen molar-refractivity contribution in [1.29, 1.82) is 0 Å². The number of furan rings is 1. The van der Waals surface area contributed by atoms with Gasteiger partial charge in [-0.15, -0.1) is 0 Å². The molecule has 6 nitrogen and oxygen atoms in total. The Morgan fingerprint density at radius 3 is 3.12 bits per heavy atom. The fourth-order valence-corrected chi connectivity index (χ4v) is 3.54. The lowest BCUT2D eigenvalue weighted by atomic mass is 9.98. The molecule has 0 aliphatic heterocycles. The summed E-state index contributed by atoms with van der Waals surface area (Å²) in [5, 5.41) is 10.7. The van der Waals surface area contributed by atoms with Crippen LogP contribution in [0.2, 0.25) is 0 Å². The maximum Gasteiger partial charge on any atom is 0.316 e. The molecule has 1 fully saturated rings. The molecule has 1 saturated carbocycles. The Labute approximate surface area is 138 Å². The molecule has 1 aromatic carbocycles. The number of carboxylic acids is 1. The fourth-order valence-electron chi connectivity index (χ4n) is 3.54. The number of rotatable bonds is 6. The van der Waals surface area contributed by atoms with Crippen LogP contribution in [0.3, 0.4) is 0 Å². The van der Waals surface area contributed by atoms with Crippen LogP contribution in [0.25, 0.3) is 16.7 Å². The van der Waals surface area contributed by atoms with Crippen LogP contribution in [0.15, 0.2) is 47.5 Å². The second-order valence-corrected chi connectivity index (χ2v) is 6.42. The van der Waals surface area contributed by atoms with Crippen LogP contribution in [0, 0.1) is 5.92 Å². The van der Waals surface area contributed by atoms with E-state index in [4.69, 9.17) is 10.2 Å². The van der Waals surface area contributed by atoms with Crippen LogP contribution >= 0.6 is 0 Å². The highest BCUT2D eigenvalue weighted by Gasteiger charge is 2.62. The number of aromatic nitrogens is 2. The van der Waals surface area contributed by atoms with Crippen molar-refractivity contribution < 1.29 is 14.3 Å². The zero-order chi connectivity index (χ0) is 16.7. The van der Waals surface area contributed by atoms with Gasteiger partial charge in [0.2, 0.25) is 0 Å². The minimum absolute atomic E-state index is 0.123. The first-order valence-corrected chi connectivity index (χ1v) is 8.11. The van der Waals surface area contributed by atoms with Gasteiger partial charge in [-0.2, -0.15) is 0 Å². The van der Waals surface area contributed by atoms with E-state index in [0.717, 1.165) is 29.5 Å². The molecule has 1 aliphatic rings. The molecule has 0 unspecified atom stereocenters. The number of carbonyl (C=O) groups is 1. The van der Waals surface area contributed by atoms with E-state index in [1.54, 1.807) is 12.6 Å². The number of aliphatic carboxylic acids is 1. The van der Waals surface area contributed by atoms with Crippen molar-refractivity contribution in [3.05, 3.63) is 48.7 Å². The van der Waals surface area contributed by atoms with E-state index in [0.29, 0.717) is 18.7 Å². The first kappa shape index (κ1) is 15.0. The van der Waals surface area contributed by atoms with Crippen LogP contribution in [-0.2, 0) is 10.2 Å². The van der Waals surface area contributed by atoms with E-state index in [2.05, 4.69) is 4.98 Å². The number of benzene rings is 1. The van der Waals surface area contributed by atoms with Gasteiger partial charge in [-0.05, 0) is 56.0 Å². The molecule has 0 saturated heterocycles. The van der Waals surface area contributed by atoms with Crippen LogP contribution in [0.1, 0.15) is 25.0 Å². The third-order valence-corrected chi connectivity index (χ3v) is 5.02. The normalized spacial score (nSPS) is 22.8. The topological polar surface area (TPSA) is 94.3 Å². The molecule has 0 amide bonds. The lowest BCUT2D eigenvalue weighted by Crippen LogP contribution is -2.23. The largest absolute Gasteiger partial charge is 0.481 e. The quantitative estimate of drug-likeness (QED) is 0.726. The van der Waals surface area contributed by atoms with E-state index in [9.17, 15) is 9.90 Å². The summed E-state index contributed by atoms with van der Waals surface area (Å²) >= 11 is 0. The minimum atomic E-state index is -0.847. The summed E-state index contributed by atoms with van der Waals surface area (Å²) in [5.74, 6) is -0.668. The predicted octanol–water partition coefficient (Wildman–Crippen LogP) is 2.70. The predicted molar refractivity (Wildman–Crippen MR) is 89.0 cm³/mol. The molecule has 4 rings (SSSR count). The zero-order valence-electron chi connectivity index (χ0n) is 13.2. The monoisotopic (exact) mass is 325 g/mol. The van der Waals surface area contributed by atoms with Crippen molar-refractivity contribution in [3.63, 3.8) is 0 Å². The van der Waals surface area contributed by atoms with Crippen LogP contribution in [0.4, 0.5) is 0 Å². The maximum absolute atomic E-state index is 11.9. The lowest BCUT2D eigenvalue weighted by Gasteiger charge is -2.09. The van der Waals surface area contributed by atoms with E-state index in [1.807, 2.05) is 35.0 Å². The van der Waals surface area contributed by atoms with Gasteiger partial charge < -0.3 is 19.8 Å². The number of hydrogen-bond acceptors (Lipinski definition) is 4. The number of nitrogens with two attached hydrogens (primary N) is 1. The molecular weight excluding hydrogens is 306 g/mol. The highest BCUT2D eigenvalue weighted by Crippen LogP contribution is 2.56. The summed E-state index contributed by atoms with van der Waals surface area (Å²) in [5.41, 5.74) is 7.09. The van der Waals surface area contributed by atoms with Crippen molar-refractivity contribution in [2.75, 3.05) is 6.54 Å². The van der Waals surface area contributed by atoms with Gasteiger partial charge in [0.05, 0.1) is 18.3 Å². The number of hydrogen-bond donors (Lipinski definition) is 2. The van der Waals surface area contributed by atoms with Gasteiger partial charge in [0.1, 0.15) is 11.0 Å². The highest BCUT2D eigenvalue weighted by atomic mass is 16.4. The number of fused-ring (bicyclic) bond motifs is 1. The van der Waals surface area contributed by atoms with E-state index < -0.39 is 11.4 Å². The van der Waals surface area contributed by atoms with Gasteiger partial charge >= 0.3 is 5.97 Å². The molecule has 24 heavy (non-hydrogen) atoms. The van der Waals surface area contributed by atoms with E-state index in [1.165, 1.54) is 0 Å². The Hall–Kier alpha value is -2.60. The lowest BCUT2D eigenvalue weighted by molar-refractivity contribution is -0.140. The first-order valence-electron chi connectivity index (χ1n) is 8.11. The van der Waals surface area contributed by atoms with Crippen LogP contribution in [0.5, 0.6) is 0 Å². The first-order chi connectivity index (χ1) is 11.6. The highest BCUT2D eigenvalue weighted by molar-refractivity contribution is 5.85. The van der Waals surface area contributed by atoms with E-state index in [-0.39, 0.29) is 5.92 Å². The minimum Gasteiger partial charge on any atom is -0.481 e. The Morgan fingerprint density at radius 1 is 1.46 bits per heavy atom. The standard InChI is InChI=1S/C18H19N3O3/c19-6-1-2-13-9-18(13,17(22)23)16-10-21(11-20-16)14-3-4-15-12(8-14)5-7-24-15/h3-5,7-8,10-11,13H,1-2,6,9,19H2,(H,22,23)/t13-,18+/m0/s1. The van der Waals surface area contributed by atoms with Crippen molar-refractivity contribution in [1.82, 2.24) is 9.55 Å². The Bertz CT molecular complexity index is 898. The molecule has 2 aromatic heterocycles. The van der Waals surface area contributed by atoms with Crippen molar-refractivity contribution >= 4 is 16.9 Å². The maximum atomic E-state index is 11.9. The average molecular weight is 325 g/mol. The number of nitrogens with zero attached hydrogens (tertiary/aromatic N) is 2. The summed E-state index contributed by atoms with van der Waals surface area (Å²) in [6.07, 6.45) is 7.48. The van der Waals surface area contributed by atoms with Gasteiger partial charge in [0.15, 0.2) is 0 Å². The molecule has 3 aromatic rings. The molecular formula is C18H19N3O3. The van der Waals surface area contributed by atoms with Gasteiger partial charge in [-0.1, -0.05) is 0 Å². The second-order valence-electron chi connectivity index (χ2n) is 6.42. The zero-order valence-corrected chi connectivity index (χ0v) is 13.2. The molecule has 124 valence electrons. The SMILES string of the molecule is NCCC[C@H]1C[C@]1(C(=O)O)c1cn(-c2ccc3occc3c2)cn1. The molecule has 6 heteroatoms. The third-order valence-electron chi connectivity index (χ3n) is 5.02. The second kappa shape index (κ2) is 5.49. The Kier molecular flexibility index (Phi) is 3.42. The van der Waals surface area contributed by atoms with Gasteiger partial charge in [-0.3, -0.25) is 4.79 Å². The summed E-state index contributed by atoms with van der Waals surface area (Å²) < 4.78 is 7.21. The number of imidazole rings is 1. The molecule has 1 aliphatic carbocycles. The summed E-state index contributed by atoms with van der Waals surface area (Å²) in [7, 11) is 0. The smallest absolute Gasteiger partial charge is 0.316 e. The van der Waals surface area contributed by atoms with Crippen molar-refractivity contribution in [2.45, 2.75) is 24.7 Å². The molecule has 2 atom stereocenters. The summed E-state index contributed by atoms with van der Waals surface area (Å²) in [4.78, 5) is 16.3. The van der Waals surface area contributed by atoms with Crippen LogP contribution < -0.4 is 5.73 Å². The van der Waals surface area contributed by atoms with Gasteiger partial charge in [0, 0.05) is 17.3 Å². The summed E-state index contributed by atoms with van der Waals surface area (Å²) in [6.45, 7) is 0.589. The van der Waals surface area contributed by atoms with Crippen molar-refractivity contribution in [3.8, 4) is 5.69 Å². The Morgan fingerprint density at radius 2 is 2.33 bits per heavy atom. The molecule has 0 spiro atoms. The van der Waals surface area contributed by atoms with Crippen LogP contribution in [-0.4, -0.2) is 27.2 Å². The van der Waals surface area contributed by atoms with Gasteiger partial charge in [0.25, 0.3) is 0 Å². The number of carboxylic acid groups (broad SMARTS) is 1. The Balaban J connectivity index is 1.65. The van der Waals surface area contributed by atoms with E-state index >= 15 is 0 Å². The summed E-state index contributed by atoms with van der Waals surface area (Å²) in [6, 6.07) is 7.73. The molecule has 0 radical (unpaired) electrons. The molecule has 2 heterocycles. The van der Waals surface area contributed by atoms with Gasteiger partial charge in [-0.25, -0.2) is 4.98 Å². The fraction of sp³-hybridized carbons (Fsp3) is 0.333. The molecule has 0 bridgehead atoms. The third kappa shape index (κ3) is 2.22. The molecule has 3 N–H and O–H groups in total. The average Bonchev–Trinajstić information content (AvgIpc) is 2.94. The van der Waals surface area contributed by atoms with Crippen molar-refractivity contribution in [2.24, 2.45) is 11.7 Å².